The number of nitrogens with zero attached hydrogens (tertiary/aromatic N) is 2. The second kappa shape index (κ2) is 9.40. The van der Waals surface area contributed by atoms with Crippen LogP contribution in [0, 0.1) is 5.92 Å². The van der Waals surface area contributed by atoms with Gasteiger partial charge >= 0.3 is 6.03 Å². The van der Waals surface area contributed by atoms with Gasteiger partial charge in [-0.15, -0.1) is 0 Å². The first-order valence-electron chi connectivity index (χ1n) is 10.5. The predicted molar refractivity (Wildman–Crippen MR) is 107 cm³/mol. The van der Waals surface area contributed by atoms with E-state index in [1.165, 1.54) is 37.7 Å². The maximum absolute atomic E-state index is 12.7. The number of likely N-dealkylation sites (N-methyl/N-ethyl adjacent to an activating group) is 1. The van der Waals surface area contributed by atoms with E-state index >= 15 is 0 Å². The fraction of sp³-hybridized carbons (Fsp3) is 0.682. The molecule has 1 aliphatic heterocycles. The lowest BCUT2D eigenvalue weighted by molar-refractivity contribution is 0.0426. The van der Waals surface area contributed by atoms with Crippen LogP contribution in [-0.4, -0.2) is 54.6 Å². The van der Waals surface area contributed by atoms with E-state index < -0.39 is 0 Å². The van der Waals surface area contributed by atoms with E-state index in [4.69, 9.17) is 0 Å². The second-order valence-electron chi connectivity index (χ2n) is 8.15. The number of hydrogen-bond donors (Lipinski definition) is 1. The van der Waals surface area contributed by atoms with Crippen LogP contribution in [-0.2, 0) is 6.42 Å². The van der Waals surface area contributed by atoms with Crippen molar-refractivity contribution in [2.45, 2.75) is 64.0 Å². The van der Waals surface area contributed by atoms with Crippen molar-refractivity contribution in [1.29, 1.82) is 0 Å². The molecule has 1 aromatic carbocycles. The summed E-state index contributed by atoms with van der Waals surface area (Å²) in [5.74, 6) is 0.768. The van der Waals surface area contributed by atoms with Crippen LogP contribution < -0.4 is 5.32 Å². The SMILES string of the molecule is CCCN1C[C@@H](NC(=O)N(C)CCc2ccccc2)C[C@@H]2CCCC[C@H]21. The molecule has 2 aliphatic rings. The second-order valence-corrected chi connectivity index (χ2v) is 8.15. The Labute approximate surface area is 158 Å². The largest absolute Gasteiger partial charge is 0.334 e. The predicted octanol–water partition coefficient (Wildman–Crippen LogP) is 3.91. The molecule has 0 radical (unpaired) electrons. The molecule has 1 aliphatic carbocycles. The van der Waals surface area contributed by atoms with Crippen molar-refractivity contribution >= 4 is 6.03 Å². The van der Waals surface area contributed by atoms with Crippen molar-refractivity contribution in [3.63, 3.8) is 0 Å². The van der Waals surface area contributed by atoms with Crippen LogP contribution in [0.15, 0.2) is 30.3 Å². The number of hydrogen-bond acceptors (Lipinski definition) is 2. The first kappa shape index (κ1) is 19.2. The van der Waals surface area contributed by atoms with Gasteiger partial charge in [-0.25, -0.2) is 4.79 Å². The van der Waals surface area contributed by atoms with Gasteiger partial charge in [0.2, 0.25) is 0 Å². The number of amides is 2. The van der Waals surface area contributed by atoms with Crippen LogP contribution >= 0.6 is 0 Å². The Balaban J connectivity index is 1.51. The molecule has 3 atom stereocenters. The quantitative estimate of drug-likeness (QED) is 0.838. The molecule has 0 aromatic heterocycles. The molecule has 4 nitrogen and oxygen atoms in total. The Hall–Kier alpha value is -1.55. The summed E-state index contributed by atoms with van der Waals surface area (Å²) in [6, 6.07) is 11.5. The molecule has 0 bridgehead atoms. The monoisotopic (exact) mass is 357 g/mol. The average molecular weight is 358 g/mol. The number of benzene rings is 1. The number of nitrogens with one attached hydrogen (secondary N) is 1. The molecule has 0 spiro atoms. The lowest BCUT2D eigenvalue weighted by Gasteiger charge is -2.47. The summed E-state index contributed by atoms with van der Waals surface area (Å²) < 4.78 is 0. The lowest BCUT2D eigenvalue weighted by atomic mass is 9.77. The van der Waals surface area contributed by atoms with Gasteiger partial charge in [-0.2, -0.15) is 0 Å². The van der Waals surface area contributed by atoms with E-state index in [9.17, 15) is 4.79 Å². The molecule has 1 aromatic rings. The van der Waals surface area contributed by atoms with Gasteiger partial charge < -0.3 is 10.2 Å². The lowest BCUT2D eigenvalue weighted by Crippen LogP contribution is -2.57. The number of piperidine rings is 1. The average Bonchev–Trinajstić information content (AvgIpc) is 2.67. The smallest absolute Gasteiger partial charge is 0.317 e. The molecule has 1 saturated carbocycles. The molecule has 1 saturated heterocycles. The van der Waals surface area contributed by atoms with Crippen molar-refractivity contribution in [1.82, 2.24) is 15.1 Å². The van der Waals surface area contributed by atoms with Crippen LogP contribution in [0.3, 0.4) is 0 Å². The Kier molecular flexibility index (Phi) is 6.95. The summed E-state index contributed by atoms with van der Waals surface area (Å²) in [6.45, 7) is 5.20. The summed E-state index contributed by atoms with van der Waals surface area (Å²) in [6.07, 6.45) is 8.68. The third-order valence-electron chi connectivity index (χ3n) is 6.14. The molecular weight excluding hydrogens is 322 g/mol. The number of rotatable bonds is 6. The Morgan fingerprint density at radius 3 is 2.77 bits per heavy atom. The van der Waals surface area contributed by atoms with Crippen molar-refractivity contribution in [2.24, 2.45) is 5.92 Å². The summed E-state index contributed by atoms with van der Waals surface area (Å²) in [5.41, 5.74) is 1.28. The number of carbonyl (C=O) groups excluding carboxylic acids is 1. The highest BCUT2D eigenvalue weighted by Crippen LogP contribution is 2.35. The zero-order chi connectivity index (χ0) is 18.4. The van der Waals surface area contributed by atoms with Crippen molar-refractivity contribution in [3.8, 4) is 0 Å². The van der Waals surface area contributed by atoms with E-state index in [1.807, 2.05) is 18.0 Å². The summed E-state index contributed by atoms with van der Waals surface area (Å²) in [4.78, 5) is 17.1. The molecule has 144 valence electrons. The van der Waals surface area contributed by atoms with Gasteiger partial charge in [-0.05, 0) is 50.1 Å². The highest BCUT2D eigenvalue weighted by Gasteiger charge is 2.37. The van der Waals surface area contributed by atoms with E-state index in [1.54, 1.807) is 0 Å². The van der Waals surface area contributed by atoms with E-state index in [0.29, 0.717) is 6.04 Å². The topological polar surface area (TPSA) is 35.6 Å². The highest BCUT2D eigenvalue weighted by molar-refractivity contribution is 5.74. The maximum atomic E-state index is 12.7. The fourth-order valence-electron chi connectivity index (χ4n) is 4.78. The molecule has 2 amide bonds. The molecule has 2 fully saturated rings. The van der Waals surface area contributed by atoms with E-state index in [2.05, 4.69) is 41.4 Å². The van der Waals surface area contributed by atoms with Gasteiger partial charge in [-0.1, -0.05) is 50.1 Å². The Bertz CT molecular complexity index is 562. The van der Waals surface area contributed by atoms with Gasteiger partial charge in [0.25, 0.3) is 0 Å². The summed E-state index contributed by atoms with van der Waals surface area (Å²) in [5, 5.41) is 3.32. The van der Waals surface area contributed by atoms with Gasteiger partial charge in [0.15, 0.2) is 0 Å². The van der Waals surface area contributed by atoms with Crippen LogP contribution in [0.2, 0.25) is 0 Å². The third-order valence-corrected chi connectivity index (χ3v) is 6.14. The number of urea groups is 1. The fourth-order valence-corrected chi connectivity index (χ4v) is 4.78. The first-order chi connectivity index (χ1) is 12.7. The molecule has 1 heterocycles. The number of likely N-dealkylation sites (tertiary alicyclic amines) is 1. The maximum Gasteiger partial charge on any atom is 0.317 e. The van der Waals surface area contributed by atoms with E-state index in [0.717, 1.165) is 44.4 Å². The normalized spacial score (nSPS) is 26.2. The van der Waals surface area contributed by atoms with Gasteiger partial charge in [0, 0.05) is 32.2 Å². The Morgan fingerprint density at radius 2 is 2.00 bits per heavy atom. The number of fused-ring (bicyclic) bond motifs is 1. The van der Waals surface area contributed by atoms with Crippen LogP contribution in [0.1, 0.15) is 51.0 Å². The minimum atomic E-state index is 0.0802. The summed E-state index contributed by atoms with van der Waals surface area (Å²) >= 11 is 0. The van der Waals surface area contributed by atoms with Crippen LogP contribution in [0.4, 0.5) is 4.79 Å². The molecule has 4 heteroatoms. The standard InChI is InChI=1S/C22H35N3O/c1-3-14-25-17-20(16-19-11-7-8-12-21(19)25)23-22(26)24(2)15-13-18-9-5-4-6-10-18/h4-6,9-10,19-21H,3,7-8,11-17H2,1-2H3,(H,23,26)/t19-,20-,21+/m0/s1. The third kappa shape index (κ3) is 5.00. The van der Waals surface area contributed by atoms with E-state index in [-0.39, 0.29) is 6.03 Å². The molecule has 1 N–H and O–H groups in total. The minimum Gasteiger partial charge on any atom is -0.334 e. The van der Waals surface area contributed by atoms with Crippen molar-refractivity contribution < 1.29 is 4.79 Å². The molecular formula is C22H35N3O. The van der Waals surface area contributed by atoms with Crippen LogP contribution in [0.5, 0.6) is 0 Å². The zero-order valence-electron chi connectivity index (χ0n) is 16.5. The molecule has 3 rings (SSSR count). The van der Waals surface area contributed by atoms with Crippen LogP contribution in [0.25, 0.3) is 0 Å². The van der Waals surface area contributed by atoms with Gasteiger partial charge in [0.1, 0.15) is 0 Å². The summed E-state index contributed by atoms with van der Waals surface area (Å²) in [7, 11) is 1.91. The minimum absolute atomic E-state index is 0.0802. The number of carbonyl (C=O) groups is 1. The molecule has 0 unspecified atom stereocenters. The Morgan fingerprint density at radius 1 is 1.23 bits per heavy atom. The van der Waals surface area contributed by atoms with Gasteiger partial charge in [-0.3, -0.25) is 4.90 Å². The van der Waals surface area contributed by atoms with Crippen molar-refractivity contribution in [3.05, 3.63) is 35.9 Å². The van der Waals surface area contributed by atoms with Crippen molar-refractivity contribution in [2.75, 3.05) is 26.7 Å². The van der Waals surface area contributed by atoms with Gasteiger partial charge in [0.05, 0.1) is 0 Å². The highest BCUT2D eigenvalue weighted by atomic mass is 16.2. The zero-order valence-corrected chi connectivity index (χ0v) is 16.5. The molecule has 26 heavy (non-hydrogen) atoms. The first-order valence-corrected chi connectivity index (χ1v) is 10.5.